The van der Waals surface area contributed by atoms with E-state index in [0.29, 0.717) is 24.0 Å². The average molecular weight is 222 g/mol. The van der Waals surface area contributed by atoms with Crippen molar-refractivity contribution < 1.29 is 4.52 Å². The van der Waals surface area contributed by atoms with Crippen molar-refractivity contribution in [2.75, 3.05) is 6.54 Å². The van der Waals surface area contributed by atoms with Gasteiger partial charge >= 0.3 is 0 Å². The summed E-state index contributed by atoms with van der Waals surface area (Å²) in [5.74, 6) is 1.30. The average Bonchev–Trinajstić information content (AvgIpc) is 2.94. The lowest BCUT2D eigenvalue weighted by Crippen LogP contribution is -2.02. The second-order valence-corrected chi connectivity index (χ2v) is 3.64. The maximum Gasteiger partial charge on any atom is 0.229 e. The normalized spacial score (nSPS) is 12.9. The first-order chi connectivity index (χ1) is 7.81. The predicted molar refractivity (Wildman–Crippen MR) is 56.4 cm³/mol. The van der Waals surface area contributed by atoms with E-state index in [0.717, 1.165) is 12.8 Å². The third-order valence-corrected chi connectivity index (χ3v) is 2.35. The van der Waals surface area contributed by atoms with Crippen LogP contribution < -0.4 is 5.73 Å². The number of rotatable bonds is 5. The Morgan fingerprint density at radius 2 is 2.44 bits per heavy atom. The van der Waals surface area contributed by atoms with Gasteiger partial charge < -0.3 is 10.3 Å². The predicted octanol–water partition coefficient (Wildman–Crippen LogP) is 0.697. The van der Waals surface area contributed by atoms with Gasteiger partial charge in [-0.05, 0) is 19.4 Å². The van der Waals surface area contributed by atoms with Gasteiger partial charge in [-0.1, -0.05) is 12.1 Å². The summed E-state index contributed by atoms with van der Waals surface area (Å²) in [7, 11) is 0. The zero-order valence-electron chi connectivity index (χ0n) is 9.05. The van der Waals surface area contributed by atoms with Crippen LogP contribution in [-0.2, 0) is 0 Å². The van der Waals surface area contributed by atoms with Crippen LogP contribution in [0.2, 0.25) is 0 Å². The lowest BCUT2D eigenvalue weighted by Gasteiger charge is -2.03. The largest absolute Gasteiger partial charge is 0.339 e. The molecule has 16 heavy (non-hydrogen) atoms. The molecule has 0 saturated carbocycles. The fraction of sp³-hybridized carbons (Fsp3) is 0.556. The van der Waals surface area contributed by atoms with Crippen LogP contribution in [0, 0.1) is 0 Å². The van der Waals surface area contributed by atoms with Crippen molar-refractivity contribution in [1.29, 1.82) is 0 Å². The fourth-order valence-electron chi connectivity index (χ4n) is 1.40. The monoisotopic (exact) mass is 222 g/mol. The topological polar surface area (TPSA) is 107 Å². The molecule has 0 bridgehead atoms. The Balaban J connectivity index is 2.07. The first-order valence-corrected chi connectivity index (χ1v) is 5.21. The van der Waals surface area contributed by atoms with Gasteiger partial charge in [0, 0.05) is 5.92 Å². The first kappa shape index (κ1) is 10.7. The number of nitrogens with two attached hydrogens (primary N) is 1. The Labute approximate surface area is 92.4 Å². The van der Waals surface area contributed by atoms with Gasteiger partial charge in [-0.2, -0.15) is 20.4 Å². The number of aromatic nitrogens is 5. The minimum Gasteiger partial charge on any atom is -0.339 e. The summed E-state index contributed by atoms with van der Waals surface area (Å²) in [5.41, 5.74) is 6.03. The molecule has 0 aliphatic carbocycles. The van der Waals surface area contributed by atoms with E-state index >= 15 is 0 Å². The Hall–Kier alpha value is -1.76. The minimum atomic E-state index is 0.219. The van der Waals surface area contributed by atoms with Crippen LogP contribution in [0.3, 0.4) is 0 Å². The SMILES string of the molecule is CC(CCCN)c1nc(-c2cn[nH]n2)no1. The molecule has 3 N–H and O–H groups in total. The maximum absolute atomic E-state index is 5.45. The van der Waals surface area contributed by atoms with Gasteiger partial charge in [0.1, 0.15) is 0 Å². The first-order valence-electron chi connectivity index (χ1n) is 5.21. The maximum atomic E-state index is 5.45. The van der Waals surface area contributed by atoms with Crippen molar-refractivity contribution in [2.24, 2.45) is 5.73 Å². The van der Waals surface area contributed by atoms with Crippen molar-refractivity contribution >= 4 is 0 Å². The van der Waals surface area contributed by atoms with Crippen molar-refractivity contribution in [3.8, 4) is 11.5 Å². The summed E-state index contributed by atoms with van der Waals surface area (Å²) < 4.78 is 5.16. The van der Waals surface area contributed by atoms with E-state index in [9.17, 15) is 0 Å². The Kier molecular flexibility index (Phi) is 3.25. The van der Waals surface area contributed by atoms with Crippen LogP contribution in [0.25, 0.3) is 11.5 Å². The van der Waals surface area contributed by atoms with E-state index in [2.05, 4.69) is 25.6 Å². The summed E-state index contributed by atoms with van der Waals surface area (Å²) >= 11 is 0. The standard InChI is InChI=1S/C9H14N6O/c1-6(3-2-4-10)9-12-8(14-16-9)7-5-11-15-13-7/h5-6H,2-4,10H2,1H3,(H,11,13,15). The van der Waals surface area contributed by atoms with Gasteiger partial charge in [-0.25, -0.2) is 0 Å². The molecule has 2 aromatic heterocycles. The molecule has 0 amide bonds. The summed E-state index contributed by atoms with van der Waals surface area (Å²) in [5, 5.41) is 13.9. The second kappa shape index (κ2) is 4.84. The summed E-state index contributed by atoms with van der Waals surface area (Å²) in [6, 6.07) is 0. The second-order valence-electron chi connectivity index (χ2n) is 3.64. The molecule has 2 aromatic rings. The van der Waals surface area contributed by atoms with Crippen LogP contribution in [0.4, 0.5) is 0 Å². The molecule has 7 nitrogen and oxygen atoms in total. The zero-order chi connectivity index (χ0) is 11.4. The van der Waals surface area contributed by atoms with Gasteiger partial charge in [0.15, 0.2) is 5.69 Å². The molecule has 0 aliphatic heterocycles. The molecule has 2 rings (SSSR count). The molecule has 86 valence electrons. The molecule has 0 radical (unpaired) electrons. The highest BCUT2D eigenvalue weighted by Gasteiger charge is 2.15. The molecule has 0 spiro atoms. The molecular formula is C9H14N6O. The van der Waals surface area contributed by atoms with Crippen LogP contribution in [0.5, 0.6) is 0 Å². The third-order valence-electron chi connectivity index (χ3n) is 2.35. The van der Waals surface area contributed by atoms with Crippen molar-refractivity contribution in [1.82, 2.24) is 25.6 Å². The lowest BCUT2D eigenvalue weighted by molar-refractivity contribution is 0.352. The summed E-state index contributed by atoms with van der Waals surface area (Å²) in [6.45, 7) is 2.71. The number of nitrogens with one attached hydrogen (secondary N) is 1. The van der Waals surface area contributed by atoms with E-state index in [1.807, 2.05) is 6.92 Å². The quantitative estimate of drug-likeness (QED) is 0.771. The molecule has 0 saturated heterocycles. The summed E-state index contributed by atoms with van der Waals surface area (Å²) in [4.78, 5) is 4.26. The van der Waals surface area contributed by atoms with Gasteiger partial charge in [-0.15, -0.1) is 0 Å². The number of hydrogen-bond donors (Lipinski definition) is 2. The highest BCUT2D eigenvalue weighted by molar-refractivity contribution is 5.44. The minimum absolute atomic E-state index is 0.219. The summed E-state index contributed by atoms with van der Waals surface area (Å²) in [6.07, 6.45) is 3.44. The lowest BCUT2D eigenvalue weighted by atomic mass is 10.1. The molecular weight excluding hydrogens is 208 g/mol. The zero-order valence-corrected chi connectivity index (χ0v) is 9.05. The van der Waals surface area contributed by atoms with Gasteiger partial charge in [0.05, 0.1) is 6.20 Å². The number of aromatic amines is 1. The van der Waals surface area contributed by atoms with E-state index in [-0.39, 0.29) is 5.92 Å². The van der Waals surface area contributed by atoms with Crippen LogP contribution in [-0.4, -0.2) is 32.1 Å². The van der Waals surface area contributed by atoms with Crippen LogP contribution in [0.15, 0.2) is 10.7 Å². The van der Waals surface area contributed by atoms with Crippen molar-refractivity contribution in [3.63, 3.8) is 0 Å². The number of hydrogen-bond acceptors (Lipinski definition) is 6. The Morgan fingerprint density at radius 1 is 1.56 bits per heavy atom. The van der Waals surface area contributed by atoms with E-state index in [1.165, 1.54) is 0 Å². The van der Waals surface area contributed by atoms with E-state index < -0.39 is 0 Å². The Morgan fingerprint density at radius 3 is 3.12 bits per heavy atom. The molecule has 0 fully saturated rings. The molecule has 0 aromatic carbocycles. The fourth-order valence-corrected chi connectivity index (χ4v) is 1.40. The van der Waals surface area contributed by atoms with Crippen LogP contribution in [0.1, 0.15) is 31.6 Å². The molecule has 1 atom stereocenters. The van der Waals surface area contributed by atoms with Crippen molar-refractivity contribution in [3.05, 3.63) is 12.1 Å². The van der Waals surface area contributed by atoms with Gasteiger partial charge in [0.25, 0.3) is 0 Å². The van der Waals surface area contributed by atoms with Crippen LogP contribution >= 0.6 is 0 Å². The highest BCUT2D eigenvalue weighted by atomic mass is 16.5. The van der Waals surface area contributed by atoms with Gasteiger partial charge in [-0.3, -0.25) is 0 Å². The Bertz CT molecular complexity index is 423. The molecule has 7 heteroatoms. The number of nitrogens with zero attached hydrogens (tertiary/aromatic N) is 4. The van der Waals surface area contributed by atoms with E-state index in [1.54, 1.807) is 6.20 Å². The smallest absolute Gasteiger partial charge is 0.229 e. The highest BCUT2D eigenvalue weighted by Crippen LogP contribution is 2.20. The van der Waals surface area contributed by atoms with Gasteiger partial charge in [0.2, 0.25) is 11.7 Å². The number of H-pyrrole nitrogens is 1. The molecule has 1 unspecified atom stereocenters. The van der Waals surface area contributed by atoms with E-state index in [4.69, 9.17) is 10.3 Å². The van der Waals surface area contributed by atoms with Crippen molar-refractivity contribution in [2.45, 2.75) is 25.7 Å². The molecule has 0 aliphatic rings. The molecule has 2 heterocycles. The third kappa shape index (κ3) is 2.25.